The van der Waals surface area contributed by atoms with Gasteiger partial charge < -0.3 is 9.26 Å². The molecule has 1 saturated carbocycles. The summed E-state index contributed by atoms with van der Waals surface area (Å²) in [6, 6.07) is 19.8. The first-order valence-electron chi connectivity index (χ1n) is 9.73. The molecule has 0 bridgehead atoms. The maximum Gasteiger partial charge on any atom is 0.191 e. The van der Waals surface area contributed by atoms with E-state index in [-0.39, 0.29) is 0 Å². The van der Waals surface area contributed by atoms with Crippen LogP contribution in [0.2, 0.25) is 5.02 Å². The second-order valence-corrected chi connectivity index (χ2v) is 8.41. The van der Waals surface area contributed by atoms with Gasteiger partial charge in [0.2, 0.25) is 0 Å². The molecule has 5 rings (SSSR count). The Kier molecular flexibility index (Phi) is 5.46. The van der Waals surface area contributed by atoms with Crippen LogP contribution in [-0.4, -0.2) is 19.9 Å². The van der Waals surface area contributed by atoms with Crippen molar-refractivity contribution in [3.63, 3.8) is 0 Å². The van der Waals surface area contributed by atoms with Crippen molar-refractivity contribution in [1.82, 2.24) is 19.9 Å². The molecule has 1 aliphatic carbocycles. The number of hydrogen-bond acceptors (Lipinski definition) is 6. The van der Waals surface area contributed by atoms with E-state index in [2.05, 4.69) is 19.9 Å². The summed E-state index contributed by atoms with van der Waals surface area (Å²) in [6.45, 7) is 0.329. The van der Waals surface area contributed by atoms with Gasteiger partial charge in [-0.1, -0.05) is 71.0 Å². The van der Waals surface area contributed by atoms with Gasteiger partial charge in [0.05, 0.1) is 10.7 Å². The van der Waals surface area contributed by atoms with Crippen molar-refractivity contribution in [2.24, 2.45) is 0 Å². The summed E-state index contributed by atoms with van der Waals surface area (Å²) >= 11 is 7.79. The van der Waals surface area contributed by atoms with Crippen LogP contribution in [0, 0.1) is 0 Å². The van der Waals surface area contributed by atoms with Crippen molar-refractivity contribution < 1.29 is 9.26 Å². The molecule has 0 N–H and O–H groups in total. The fourth-order valence-corrected chi connectivity index (χ4v) is 4.26. The van der Waals surface area contributed by atoms with E-state index in [0.29, 0.717) is 29.2 Å². The molecule has 0 unspecified atom stereocenters. The third-order valence-corrected chi connectivity index (χ3v) is 6.10. The SMILES string of the molecule is Clc1ccccc1OCc1nnc(SCc2cc(-c3ccccc3)on2)n1C1CC1. The summed E-state index contributed by atoms with van der Waals surface area (Å²) in [5.41, 5.74) is 1.89. The molecule has 0 aliphatic heterocycles. The molecule has 0 radical (unpaired) electrons. The van der Waals surface area contributed by atoms with Crippen LogP contribution in [0.3, 0.4) is 0 Å². The smallest absolute Gasteiger partial charge is 0.191 e. The molecule has 1 fully saturated rings. The summed E-state index contributed by atoms with van der Waals surface area (Å²) in [5.74, 6) is 2.88. The summed E-state index contributed by atoms with van der Waals surface area (Å²) in [6.07, 6.45) is 2.26. The van der Waals surface area contributed by atoms with Crippen LogP contribution in [-0.2, 0) is 12.4 Å². The predicted molar refractivity (Wildman–Crippen MR) is 116 cm³/mol. The fourth-order valence-electron chi connectivity index (χ4n) is 3.16. The number of rotatable bonds is 8. The number of nitrogens with zero attached hydrogens (tertiary/aromatic N) is 4. The largest absolute Gasteiger partial charge is 0.484 e. The average Bonchev–Trinajstić information content (AvgIpc) is 3.36. The summed E-state index contributed by atoms with van der Waals surface area (Å²) < 4.78 is 13.6. The minimum absolute atomic E-state index is 0.329. The van der Waals surface area contributed by atoms with Crippen molar-refractivity contribution in [2.75, 3.05) is 0 Å². The summed E-state index contributed by atoms with van der Waals surface area (Å²) in [5, 5.41) is 14.4. The molecule has 0 saturated heterocycles. The van der Waals surface area contributed by atoms with Crippen molar-refractivity contribution in [2.45, 2.75) is 36.4 Å². The maximum atomic E-state index is 6.19. The molecule has 8 heteroatoms. The van der Waals surface area contributed by atoms with Gasteiger partial charge in [-0.05, 0) is 25.0 Å². The Morgan fingerprint density at radius 2 is 1.87 bits per heavy atom. The zero-order valence-electron chi connectivity index (χ0n) is 16.1. The van der Waals surface area contributed by atoms with Gasteiger partial charge in [0.25, 0.3) is 0 Å². The van der Waals surface area contributed by atoms with Crippen LogP contribution in [0.25, 0.3) is 11.3 Å². The number of benzene rings is 2. The first kappa shape index (κ1) is 19.2. The highest BCUT2D eigenvalue weighted by atomic mass is 35.5. The number of aromatic nitrogens is 4. The normalized spacial score (nSPS) is 13.5. The number of ether oxygens (including phenoxy) is 1. The Balaban J connectivity index is 1.27. The topological polar surface area (TPSA) is 66.0 Å². The van der Waals surface area contributed by atoms with Crippen LogP contribution in [0.4, 0.5) is 0 Å². The molecule has 6 nitrogen and oxygen atoms in total. The number of thioether (sulfide) groups is 1. The van der Waals surface area contributed by atoms with E-state index in [0.717, 1.165) is 40.8 Å². The first-order chi connectivity index (χ1) is 14.8. The second kappa shape index (κ2) is 8.53. The molecule has 30 heavy (non-hydrogen) atoms. The number of halogens is 1. The van der Waals surface area contributed by atoms with Crippen molar-refractivity contribution in [1.29, 1.82) is 0 Å². The fraction of sp³-hybridized carbons (Fsp3) is 0.227. The number of para-hydroxylation sites is 1. The predicted octanol–water partition coefficient (Wildman–Crippen LogP) is 5.79. The lowest BCUT2D eigenvalue weighted by atomic mass is 10.2. The van der Waals surface area contributed by atoms with E-state index in [1.807, 2.05) is 60.7 Å². The molecule has 0 atom stereocenters. The molecular weight excluding hydrogens is 420 g/mol. The van der Waals surface area contributed by atoms with Crippen LogP contribution >= 0.6 is 23.4 Å². The van der Waals surface area contributed by atoms with Gasteiger partial charge in [0.15, 0.2) is 16.7 Å². The third-order valence-electron chi connectivity index (χ3n) is 4.81. The van der Waals surface area contributed by atoms with Gasteiger partial charge in [-0.15, -0.1) is 10.2 Å². The van der Waals surface area contributed by atoms with E-state index >= 15 is 0 Å². The van der Waals surface area contributed by atoms with E-state index in [4.69, 9.17) is 20.9 Å². The minimum atomic E-state index is 0.329. The lowest BCUT2D eigenvalue weighted by Crippen LogP contribution is -2.07. The molecule has 152 valence electrons. The maximum absolute atomic E-state index is 6.19. The lowest BCUT2D eigenvalue weighted by Gasteiger charge is -2.10. The molecule has 2 aromatic heterocycles. The highest BCUT2D eigenvalue weighted by molar-refractivity contribution is 7.98. The zero-order chi connectivity index (χ0) is 20.3. The zero-order valence-corrected chi connectivity index (χ0v) is 17.6. The molecule has 1 aliphatic rings. The molecule has 2 heterocycles. The Bertz CT molecular complexity index is 1140. The highest BCUT2D eigenvalue weighted by Crippen LogP contribution is 2.39. The van der Waals surface area contributed by atoms with Crippen molar-refractivity contribution >= 4 is 23.4 Å². The monoisotopic (exact) mass is 438 g/mol. The average molecular weight is 439 g/mol. The number of hydrogen-bond donors (Lipinski definition) is 0. The molecular formula is C22H19ClN4O2S. The van der Waals surface area contributed by atoms with Crippen molar-refractivity contribution in [3.05, 3.63) is 77.2 Å². The van der Waals surface area contributed by atoms with Gasteiger partial charge in [0, 0.05) is 23.4 Å². The Labute approximate surface area is 183 Å². The van der Waals surface area contributed by atoms with Gasteiger partial charge in [-0.25, -0.2) is 0 Å². The van der Waals surface area contributed by atoms with E-state index in [1.165, 1.54) is 0 Å². The van der Waals surface area contributed by atoms with Gasteiger partial charge in [0.1, 0.15) is 12.4 Å². The van der Waals surface area contributed by atoms with Gasteiger partial charge in [-0.2, -0.15) is 0 Å². The molecule has 4 aromatic rings. The summed E-state index contributed by atoms with van der Waals surface area (Å²) in [4.78, 5) is 0. The molecule has 2 aromatic carbocycles. The van der Waals surface area contributed by atoms with Crippen molar-refractivity contribution in [3.8, 4) is 17.1 Å². The van der Waals surface area contributed by atoms with Gasteiger partial charge >= 0.3 is 0 Å². The Morgan fingerprint density at radius 3 is 2.67 bits per heavy atom. The van der Waals surface area contributed by atoms with Crippen LogP contribution in [0.15, 0.2) is 70.3 Å². The van der Waals surface area contributed by atoms with E-state index in [9.17, 15) is 0 Å². The minimum Gasteiger partial charge on any atom is -0.484 e. The van der Waals surface area contributed by atoms with E-state index < -0.39 is 0 Å². The lowest BCUT2D eigenvalue weighted by molar-refractivity contribution is 0.288. The van der Waals surface area contributed by atoms with Gasteiger partial charge in [-0.3, -0.25) is 4.57 Å². The Hall–Kier alpha value is -2.77. The second-order valence-electron chi connectivity index (χ2n) is 7.06. The molecule has 0 amide bonds. The summed E-state index contributed by atoms with van der Waals surface area (Å²) in [7, 11) is 0. The van der Waals surface area contributed by atoms with E-state index in [1.54, 1.807) is 11.8 Å². The van der Waals surface area contributed by atoms with Crippen LogP contribution < -0.4 is 4.74 Å². The standard InChI is InChI=1S/C22H19ClN4O2S/c23-18-8-4-5-9-19(18)28-13-21-24-25-22(27(21)17-10-11-17)30-14-16-12-20(29-26-16)15-6-2-1-3-7-15/h1-9,12,17H,10-11,13-14H2. The first-order valence-corrected chi connectivity index (χ1v) is 11.1. The quantitative estimate of drug-likeness (QED) is 0.324. The van der Waals surface area contributed by atoms with Crippen LogP contribution in [0.5, 0.6) is 5.75 Å². The Morgan fingerprint density at radius 1 is 1.07 bits per heavy atom. The third kappa shape index (κ3) is 4.22. The highest BCUT2D eigenvalue weighted by Gasteiger charge is 2.30. The molecule has 0 spiro atoms. The van der Waals surface area contributed by atoms with Crippen LogP contribution in [0.1, 0.15) is 30.4 Å².